The van der Waals surface area contributed by atoms with Gasteiger partial charge in [0.15, 0.2) is 0 Å². The van der Waals surface area contributed by atoms with E-state index in [2.05, 4.69) is 0 Å². The van der Waals surface area contributed by atoms with Gasteiger partial charge in [-0.15, -0.1) is 0 Å². The molecule has 0 bridgehead atoms. The topological polar surface area (TPSA) is 155 Å². The molecule has 0 aliphatic heterocycles. The molecule has 2 N–H and O–H groups in total. The van der Waals surface area contributed by atoms with Crippen LogP contribution < -0.4 is 59.1 Å². The number of hydrogen-bond donors (Lipinski definition) is 2. The molecule has 0 saturated carbocycles. The largest absolute Gasteiger partial charge is 1.00 e. The summed E-state index contributed by atoms with van der Waals surface area (Å²) >= 11 is 0. The van der Waals surface area contributed by atoms with E-state index in [9.17, 15) is 36.2 Å². The van der Waals surface area contributed by atoms with Crippen molar-refractivity contribution in [1.29, 1.82) is 0 Å². The third-order valence-corrected chi connectivity index (χ3v) is 4.47. The Balaban J connectivity index is 0.00000264. The summed E-state index contributed by atoms with van der Waals surface area (Å²) in [6, 6.07) is 5.05. The predicted molar refractivity (Wildman–Crippen MR) is 71.1 cm³/mol. The fourth-order valence-corrected chi connectivity index (χ4v) is 2.77. The van der Waals surface area contributed by atoms with E-state index in [4.69, 9.17) is 0 Å². The van der Waals surface area contributed by atoms with Gasteiger partial charge in [0.2, 0.25) is 0 Å². The normalized spacial score (nSPS) is 11.2. The van der Waals surface area contributed by atoms with Crippen LogP contribution in [-0.2, 0) is 20.2 Å². The second kappa shape index (κ2) is 8.49. The van der Waals surface area contributed by atoms with Gasteiger partial charge in [0.25, 0.3) is 0 Å². The van der Waals surface area contributed by atoms with Crippen molar-refractivity contribution in [3.8, 4) is 22.6 Å². The van der Waals surface area contributed by atoms with Gasteiger partial charge in [0, 0.05) is 11.1 Å². The minimum atomic E-state index is -4.82. The predicted octanol–water partition coefficient (Wildman–Crippen LogP) is -5.42. The molecule has 0 amide bonds. The molecule has 12 heteroatoms. The van der Waals surface area contributed by atoms with Crippen molar-refractivity contribution >= 4 is 20.2 Å². The van der Waals surface area contributed by atoms with Crippen LogP contribution in [0.4, 0.5) is 0 Å². The van der Waals surface area contributed by atoms with Crippen LogP contribution in [0, 0.1) is 0 Å². The molecular weight excluding hydrogens is 382 g/mol. The fraction of sp³-hybridized carbons (Fsp3) is 0. The minimum absolute atomic E-state index is 0. The van der Waals surface area contributed by atoms with E-state index >= 15 is 0 Å². The van der Waals surface area contributed by atoms with Crippen LogP contribution in [0.5, 0.6) is 11.5 Å². The van der Waals surface area contributed by atoms with Crippen molar-refractivity contribution < 1.29 is 95.3 Å². The van der Waals surface area contributed by atoms with Crippen molar-refractivity contribution in [1.82, 2.24) is 0 Å². The van der Waals surface area contributed by atoms with Gasteiger partial charge >= 0.3 is 59.1 Å². The van der Waals surface area contributed by atoms with Crippen LogP contribution in [0.1, 0.15) is 0 Å². The summed E-state index contributed by atoms with van der Waals surface area (Å²) in [6.45, 7) is 0. The molecule has 0 aliphatic rings. The Morgan fingerprint density at radius 2 is 0.958 bits per heavy atom. The zero-order valence-corrected chi connectivity index (χ0v) is 18.3. The SMILES string of the molecule is O=S(=O)([O-])c1ccc(O)c(-c2cc(S(=O)(=O)[O-])ccc2O)c1.[Na+].[Na+]. The zero-order chi connectivity index (χ0) is 16.7. The standard InChI is InChI=1S/C12H10O8S2.2Na/c13-11-3-1-7(21(15,16)17)5-9(11)10-6-8(22(18,19)20)2-4-12(10)14;;/h1-6,13-14H,(H,15,16,17)(H,18,19,20);;/q;2*+1/p-2. The second-order valence-electron chi connectivity index (χ2n) is 4.27. The molecule has 0 atom stereocenters. The average Bonchev–Trinajstić information content (AvgIpc) is 2.37. The molecular formula is C12H8Na2O8S2. The molecule has 0 saturated heterocycles. The van der Waals surface area contributed by atoms with E-state index < -0.39 is 41.5 Å². The van der Waals surface area contributed by atoms with E-state index in [1.807, 2.05) is 0 Å². The van der Waals surface area contributed by atoms with Crippen LogP contribution in [0.2, 0.25) is 0 Å². The molecule has 24 heavy (non-hydrogen) atoms. The summed E-state index contributed by atoms with van der Waals surface area (Å²) < 4.78 is 66.0. The van der Waals surface area contributed by atoms with Gasteiger partial charge in [0.05, 0.1) is 9.79 Å². The van der Waals surface area contributed by atoms with Gasteiger partial charge in [-0.05, 0) is 36.4 Å². The maximum absolute atomic E-state index is 11.0. The molecule has 0 radical (unpaired) electrons. The van der Waals surface area contributed by atoms with Crippen LogP contribution in [0.25, 0.3) is 11.1 Å². The number of phenolic OH excluding ortho intramolecular Hbond substituents is 2. The molecule has 0 unspecified atom stereocenters. The zero-order valence-electron chi connectivity index (χ0n) is 12.6. The Hall–Kier alpha value is -0.140. The summed E-state index contributed by atoms with van der Waals surface area (Å²) in [7, 11) is -9.65. The first-order valence-electron chi connectivity index (χ1n) is 5.58. The smallest absolute Gasteiger partial charge is 0.744 e. The van der Waals surface area contributed by atoms with Crippen LogP contribution in [-0.4, -0.2) is 36.2 Å². The third kappa shape index (κ3) is 5.43. The van der Waals surface area contributed by atoms with Crippen LogP contribution >= 0.6 is 0 Å². The summed E-state index contributed by atoms with van der Waals surface area (Å²) in [5.41, 5.74) is -0.611. The summed E-state index contributed by atoms with van der Waals surface area (Å²) in [5, 5.41) is 19.5. The van der Waals surface area contributed by atoms with Gasteiger partial charge in [-0.25, -0.2) is 16.8 Å². The van der Waals surface area contributed by atoms with E-state index in [1.54, 1.807) is 0 Å². The molecule has 2 aromatic rings. The Labute approximate surface area is 182 Å². The molecule has 0 heterocycles. The van der Waals surface area contributed by atoms with Crippen molar-refractivity contribution in [3.05, 3.63) is 36.4 Å². The van der Waals surface area contributed by atoms with Gasteiger partial charge < -0.3 is 19.3 Å². The summed E-state index contributed by atoms with van der Waals surface area (Å²) in [5.74, 6) is -1.02. The number of phenols is 2. The molecule has 0 aromatic heterocycles. The molecule has 8 nitrogen and oxygen atoms in total. The fourth-order valence-electron chi connectivity index (χ4n) is 1.77. The third-order valence-electron chi connectivity index (χ3n) is 2.80. The minimum Gasteiger partial charge on any atom is -0.744 e. The first kappa shape index (κ1) is 23.9. The molecule has 0 aliphatic carbocycles. The van der Waals surface area contributed by atoms with Crippen molar-refractivity contribution in [3.63, 3.8) is 0 Å². The van der Waals surface area contributed by atoms with Gasteiger partial charge in [-0.1, -0.05) is 0 Å². The first-order valence-corrected chi connectivity index (χ1v) is 8.40. The Bertz CT molecular complexity index is 876. The monoisotopic (exact) mass is 390 g/mol. The maximum atomic E-state index is 11.0. The average molecular weight is 390 g/mol. The van der Waals surface area contributed by atoms with Crippen molar-refractivity contribution in [2.75, 3.05) is 0 Å². The summed E-state index contributed by atoms with van der Waals surface area (Å²) in [6.07, 6.45) is 0. The number of benzene rings is 2. The van der Waals surface area contributed by atoms with E-state index in [-0.39, 0.29) is 70.2 Å². The van der Waals surface area contributed by atoms with E-state index in [1.165, 1.54) is 0 Å². The number of aromatic hydroxyl groups is 2. The molecule has 2 rings (SSSR count). The maximum Gasteiger partial charge on any atom is 1.00 e. The number of hydrogen-bond acceptors (Lipinski definition) is 8. The van der Waals surface area contributed by atoms with Crippen molar-refractivity contribution in [2.24, 2.45) is 0 Å². The van der Waals surface area contributed by atoms with Crippen LogP contribution in [0.15, 0.2) is 46.2 Å². The van der Waals surface area contributed by atoms with Gasteiger partial charge in [-0.2, -0.15) is 0 Å². The molecule has 0 spiro atoms. The Kier molecular flexibility index (Phi) is 8.45. The second-order valence-corrected chi connectivity index (χ2v) is 7.03. The quantitative estimate of drug-likeness (QED) is 0.389. The van der Waals surface area contributed by atoms with E-state index in [0.29, 0.717) is 0 Å². The van der Waals surface area contributed by atoms with Gasteiger partial charge in [0.1, 0.15) is 31.7 Å². The Morgan fingerprint density at radius 3 is 1.21 bits per heavy atom. The number of rotatable bonds is 3. The molecule has 118 valence electrons. The van der Waals surface area contributed by atoms with Crippen LogP contribution in [0.3, 0.4) is 0 Å². The van der Waals surface area contributed by atoms with Crippen molar-refractivity contribution in [2.45, 2.75) is 9.79 Å². The Morgan fingerprint density at radius 1 is 0.667 bits per heavy atom. The van der Waals surface area contributed by atoms with E-state index in [0.717, 1.165) is 36.4 Å². The van der Waals surface area contributed by atoms with Gasteiger partial charge in [-0.3, -0.25) is 0 Å². The molecule has 0 fully saturated rings. The molecule has 2 aromatic carbocycles. The first-order chi connectivity index (χ1) is 10.00. The summed E-state index contributed by atoms with van der Waals surface area (Å²) in [4.78, 5) is -1.37.